The van der Waals surface area contributed by atoms with Crippen LogP contribution in [-0.2, 0) is 0 Å². The Labute approximate surface area is 151 Å². The van der Waals surface area contributed by atoms with Gasteiger partial charge in [0.05, 0.1) is 16.4 Å². The molecule has 0 unspecified atom stereocenters. The molecule has 1 saturated heterocycles. The van der Waals surface area contributed by atoms with E-state index in [1.807, 2.05) is 6.92 Å². The molecule has 2 heterocycles. The van der Waals surface area contributed by atoms with E-state index in [-0.39, 0.29) is 11.7 Å². The van der Waals surface area contributed by atoms with Crippen LogP contribution in [0, 0.1) is 5.82 Å². The van der Waals surface area contributed by atoms with Crippen molar-refractivity contribution in [3.8, 4) is 0 Å². The first-order valence-corrected chi connectivity index (χ1v) is 9.60. The molecule has 1 N–H and O–H groups in total. The number of carbonyl (C=O) groups excluding carboxylic acids is 1. The van der Waals surface area contributed by atoms with Crippen molar-refractivity contribution in [3.63, 3.8) is 0 Å². The second-order valence-corrected chi connectivity index (χ2v) is 7.26. The highest BCUT2D eigenvalue weighted by atomic mass is 32.2. The zero-order valence-electron chi connectivity index (χ0n) is 14.3. The van der Waals surface area contributed by atoms with E-state index in [2.05, 4.69) is 15.2 Å². The van der Waals surface area contributed by atoms with E-state index in [9.17, 15) is 9.18 Å². The average molecular weight is 359 g/mol. The zero-order chi connectivity index (χ0) is 17.6. The number of nitrogens with one attached hydrogen (secondary N) is 1. The third-order valence-electron chi connectivity index (χ3n) is 4.19. The topological polar surface area (TPSA) is 45.2 Å². The van der Waals surface area contributed by atoms with Gasteiger partial charge in [0.15, 0.2) is 0 Å². The molecule has 1 aliphatic rings. The number of aromatic nitrogens is 1. The number of hydrogen-bond donors (Lipinski definition) is 1. The summed E-state index contributed by atoms with van der Waals surface area (Å²) in [5.74, 6) is 0.290. The Morgan fingerprint density at radius 2 is 2.04 bits per heavy atom. The molecule has 1 amide bonds. The van der Waals surface area contributed by atoms with Crippen molar-refractivity contribution < 1.29 is 9.18 Å². The standard InChI is InChI=1S/C19H22FN3OS/c1-2-25-18-12-14(8-9-21-18)19(24)22-16-13-15(20)6-7-17(16)23-10-4-3-5-11-23/h6-9,12-13H,2-5,10-11H2,1H3,(H,22,24). The van der Waals surface area contributed by atoms with Crippen LogP contribution in [0.5, 0.6) is 0 Å². The SMILES string of the molecule is CCSc1cc(C(=O)Nc2cc(F)ccc2N2CCCCC2)ccn1. The molecule has 0 atom stereocenters. The largest absolute Gasteiger partial charge is 0.370 e. The average Bonchev–Trinajstić information content (AvgIpc) is 2.63. The van der Waals surface area contributed by atoms with E-state index in [4.69, 9.17) is 0 Å². The smallest absolute Gasteiger partial charge is 0.255 e. The molecule has 2 aromatic rings. The fraction of sp³-hybridized carbons (Fsp3) is 0.368. The summed E-state index contributed by atoms with van der Waals surface area (Å²) >= 11 is 1.58. The summed E-state index contributed by atoms with van der Waals surface area (Å²) in [6, 6.07) is 8.03. The van der Waals surface area contributed by atoms with Gasteiger partial charge >= 0.3 is 0 Å². The molecule has 1 aromatic carbocycles. The summed E-state index contributed by atoms with van der Waals surface area (Å²) in [7, 11) is 0. The lowest BCUT2D eigenvalue weighted by atomic mass is 10.1. The number of halogens is 1. The van der Waals surface area contributed by atoms with Crippen molar-refractivity contribution in [3.05, 3.63) is 47.9 Å². The molecular weight excluding hydrogens is 337 g/mol. The Balaban J connectivity index is 1.82. The first-order chi connectivity index (χ1) is 12.2. The second kappa shape index (κ2) is 8.34. The first-order valence-electron chi connectivity index (χ1n) is 8.62. The molecule has 0 bridgehead atoms. The summed E-state index contributed by atoms with van der Waals surface area (Å²) in [5.41, 5.74) is 1.93. The number of rotatable bonds is 5. The van der Waals surface area contributed by atoms with Crippen molar-refractivity contribution in [2.45, 2.75) is 31.2 Å². The van der Waals surface area contributed by atoms with Crippen molar-refractivity contribution in [1.82, 2.24) is 4.98 Å². The Hall–Kier alpha value is -2.08. The van der Waals surface area contributed by atoms with Crippen LogP contribution in [0.25, 0.3) is 0 Å². The number of nitrogens with zero attached hydrogens (tertiary/aromatic N) is 2. The van der Waals surface area contributed by atoms with Gasteiger partial charge in [0, 0.05) is 24.8 Å². The molecule has 1 fully saturated rings. The molecule has 0 radical (unpaired) electrons. The molecule has 25 heavy (non-hydrogen) atoms. The Bertz CT molecular complexity index is 747. The minimum absolute atomic E-state index is 0.246. The van der Waals surface area contributed by atoms with Crippen LogP contribution in [0.2, 0.25) is 0 Å². The van der Waals surface area contributed by atoms with Gasteiger partial charge in [-0.1, -0.05) is 6.92 Å². The van der Waals surface area contributed by atoms with Gasteiger partial charge in [0.25, 0.3) is 5.91 Å². The van der Waals surface area contributed by atoms with Crippen molar-refractivity contribution >= 4 is 29.0 Å². The predicted molar refractivity (Wildman–Crippen MR) is 101 cm³/mol. The number of thioether (sulfide) groups is 1. The number of piperidine rings is 1. The molecular formula is C19H22FN3OS. The van der Waals surface area contributed by atoms with Gasteiger partial charge in [-0.2, -0.15) is 0 Å². The van der Waals surface area contributed by atoms with E-state index in [1.54, 1.807) is 36.2 Å². The maximum absolute atomic E-state index is 13.7. The summed E-state index contributed by atoms with van der Waals surface area (Å²) in [6.45, 7) is 3.90. The van der Waals surface area contributed by atoms with Crippen molar-refractivity contribution in [1.29, 1.82) is 0 Å². The molecule has 3 rings (SSSR count). The molecule has 1 aliphatic heterocycles. The van der Waals surface area contributed by atoms with Crippen LogP contribution < -0.4 is 10.2 Å². The number of benzene rings is 1. The summed E-state index contributed by atoms with van der Waals surface area (Å²) in [6.07, 6.45) is 5.08. The number of anilines is 2. The fourth-order valence-electron chi connectivity index (χ4n) is 2.99. The number of pyridine rings is 1. The van der Waals surface area contributed by atoms with E-state index in [0.29, 0.717) is 11.3 Å². The van der Waals surface area contributed by atoms with E-state index >= 15 is 0 Å². The van der Waals surface area contributed by atoms with Crippen molar-refractivity contribution in [2.24, 2.45) is 0 Å². The molecule has 4 nitrogen and oxygen atoms in total. The monoisotopic (exact) mass is 359 g/mol. The Kier molecular flexibility index (Phi) is 5.91. The molecule has 0 spiro atoms. The van der Waals surface area contributed by atoms with Crippen LogP contribution in [0.4, 0.5) is 15.8 Å². The van der Waals surface area contributed by atoms with Crippen LogP contribution in [0.3, 0.4) is 0 Å². The molecule has 1 aromatic heterocycles. The van der Waals surface area contributed by atoms with Gasteiger partial charge in [-0.3, -0.25) is 4.79 Å². The van der Waals surface area contributed by atoms with Gasteiger partial charge in [0.1, 0.15) is 5.82 Å². The highest BCUT2D eigenvalue weighted by Crippen LogP contribution is 2.30. The minimum Gasteiger partial charge on any atom is -0.370 e. The zero-order valence-corrected chi connectivity index (χ0v) is 15.1. The Morgan fingerprint density at radius 3 is 2.80 bits per heavy atom. The highest BCUT2D eigenvalue weighted by molar-refractivity contribution is 7.99. The quantitative estimate of drug-likeness (QED) is 0.794. The lowest BCUT2D eigenvalue weighted by Crippen LogP contribution is -2.30. The Morgan fingerprint density at radius 1 is 1.24 bits per heavy atom. The van der Waals surface area contributed by atoms with Gasteiger partial charge in [-0.25, -0.2) is 9.37 Å². The molecule has 6 heteroatoms. The normalized spacial score (nSPS) is 14.4. The molecule has 0 saturated carbocycles. The van der Waals surface area contributed by atoms with Gasteiger partial charge in [-0.05, 0) is 55.3 Å². The maximum atomic E-state index is 13.7. The van der Waals surface area contributed by atoms with Gasteiger partial charge < -0.3 is 10.2 Å². The highest BCUT2D eigenvalue weighted by Gasteiger charge is 2.17. The lowest BCUT2D eigenvalue weighted by molar-refractivity contribution is 0.102. The number of hydrogen-bond acceptors (Lipinski definition) is 4. The van der Waals surface area contributed by atoms with Gasteiger partial charge in [0.2, 0.25) is 0 Å². The summed E-state index contributed by atoms with van der Waals surface area (Å²) in [4.78, 5) is 19.1. The van der Waals surface area contributed by atoms with Crippen molar-refractivity contribution in [2.75, 3.05) is 29.1 Å². The second-order valence-electron chi connectivity index (χ2n) is 5.98. The first kappa shape index (κ1) is 17.7. The van der Waals surface area contributed by atoms with Crippen LogP contribution in [-0.4, -0.2) is 29.7 Å². The van der Waals surface area contributed by atoms with E-state index < -0.39 is 0 Å². The maximum Gasteiger partial charge on any atom is 0.255 e. The van der Waals surface area contributed by atoms with Crippen LogP contribution >= 0.6 is 11.8 Å². The lowest BCUT2D eigenvalue weighted by Gasteiger charge is -2.30. The third-order valence-corrected chi connectivity index (χ3v) is 5.00. The van der Waals surface area contributed by atoms with Gasteiger partial charge in [-0.15, -0.1) is 11.8 Å². The summed E-state index contributed by atoms with van der Waals surface area (Å²) in [5, 5.41) is 3.69. The molecule has 0 aliphatic carbocycles. The van der Waals surface area contributed by atoms with Crippen LogP contribution in [0.15, 0.2) is 41.6 Å². The van der Waals surface area contributed by atoms with E-state index in [0.717, 1.165) is 42.4 Å². The predicted octanol–water partition coefficient (Wildman–Crippen LogP) is 4.58. The van der Waals surface area contributed by atoms with Crippen LogP contribution in [0.1, 0.15) is 36.5 Å². The fourth-order valence-corrected chi connectivity index (χ4v) is 3.63. The number of carbonyl (C=O) groups is 1. The third kappa shape index (κ3) is 4.51. The summed E-state index contributed by atoms with van der Waals surface area (Å²) < 4.78 is 13.7. The van der Waals surface area contributed by atoms with E-state index in [1.165, 1.54) is 18.6 Å². The molecule has 132 valence electrons. The minimum atomic E-state index is -0.354. The number of amides is 1.